The van der Waals surface area contributed by atoms with Gasteiger partial charge in [-0.1, -0.05) is 32.0 Å². The highest BCUT2D eigenvalue weighted by molar-refractivity contribution is 6.07. The summed E-state index contributed by atoms with van der Waals surface area (Å²) in [6.45, 7) is 6.90. The van der Waals surface area contributed by atoms with Crippen LogP contribution in [0.3, 0.4) is 0 Å². The molecule has 3 rings (SSSR count). The third-order valence-electron chi connectivity index (χ3n) is 3.61. The first-order chi connectivity index (χ1) is 7.52. The molecule has 2 heterocycles. The topological polar surface area (TPSA) is 22.0 Å². The van der Waals surface area contributed by atoms with Gasteiger partial charge in [0.25, 0.3) is 0 Å². The summed E-state index contributed by atoms with van der Waals surface area (Å²) in [6.07, 6.45) is 0. The van der Waals surface area contributed by atoms with Crippen LogP contribution in [0.1, 0.15) is 29.9 Å². The summed E-state index contributed by atoms with van der Waals surface area (Å²) in [5.41, 5.74) is 2.98. The van der Waals surface area contributed by atoms with Crippen molar-refractivity contribution >= 4 is 16.7 Å². The highest BCUT2D eigenvalue weighted by Crippen LogP contribution is 2.38. The Bertz CT molecular complexity index is 604. The molecule has 1 aromatic heterocycles. The number of ketones is 1. The molecule has 0 fully saturated rings. The van der Waals surface area contributed by atoms with Crippen LogP contribution < -0.4 is 0 Å². The molecule has 0 aliphatic carbocycles. The highest BCUT2D eigenvalue weighted by Gasteiger charge is 2.40. The number of para-hydroxylation sites is 1. The molecular weight excluding hydrogens is 198 g/mol. The van der Waals surface area contributed by atoms with Gasteiger partial charge in [0, 0.05) is 22.9 Å². The number of carbonyl (C=O) groups excluding carboxylic acids is 1. The van der Waals surface area contributed by atoms with E-state index in [1.54, 1.807) is 0 Å². The van der Waals surface area contributed by atoms with Crippen molar-refractivity contribution < 1.29 is 4.79 Å². The van der Waals surface area contributed by atoms with Crippen molar-refractivity contribution in [2.75, 3.05) is 0 Å². The summed E-state index contributed by atoms with van der Waals surface area (Å²) in [6, 6.07) is 8.25. The van der Waals surface area contributed by atoms with E-state index in [0.717, 1.165) is 17.8 Å². The second-order valence-corrected chi connectivity index (χ2v) is 5.29. The van der Waals surface area contributed by atoms with Crippen LogP contribution in [-0.2, 0) is 6.54 Å². The predicted molar refractivity (Wildman–Crippen MR) is 64.8 cm³/mol. The molecule has 2 aromatic rings. The van der Waals surface area contributed by atoms with Gasteiger partial charge in [-0.25, -0.2) is 0 Å². The van der Waals surface area contributed by atoms with Gasteiger partial charge in [-0.2, -0.15) is 0 Å². The minimum atomic E-state index is -0.246. The number of aromatic nitrogens is 1. The lowest BCUT2D eigenvalue weighted by Gasteiger charge is -2.14. The summed E-state index contributed by atoms with van der Waals surface area (Å²) in [4.78, 5) is 12.3. The lowest BCUT2D eigenvalue weighted by Crippen LogP contribution is -2.20. The minimum Gasteiger partial charge on any atom is -0.337 e. The first-order valence-electron chi connectivity index (χ1n) is 5.65. The molecule has 1 aromatic carbocycles. The Labute approximate surface area is 94.9 Å². The van der Waals surface area contributed by atoms with Crippen LogP contribution in [0.15, 0.2) is 24.3 Å². The monoisotopic (exact) mass is 213 g/mol. The minimum absolute atomic E-state index is 0.246. The summed E-state index contributed by atoms with van der Waals surface area (Å²) < 4.78 is 2.17. The maximum Gasteiger partial charge on any atom is 0.186 e. The van der Waals surface area contributed by atoms with Crippen molar-refractivity contribution in [3.63, 3.8) is 0 Å². The number of hydrogen-bond donors (Lipinski definition) is 0. The summed E-state index contributed by atoms with van der Waals surface area (Å²) in [5.74, 6) is 0.279. The van der Waals surface area contributed by atoms with Crippen LogP contribution in [0.25, 0.3) is 10.9 Å². The van der Waals surface area contributed by atoms with Gasteiger partial charge >= 0.3 is 0 Å². The predicted octanol–water partition coefficient (Wildman–Crippen LogP) is 3.17. The number of fused-ring (bicyclic) bond motifs is 3. The summed E-state index contributed by atoms with van der Waals surface area (Å²) in [7, 11) is 0. The van der Waals surface area contributed by atoms with Gasteiger partial charge in [-0.15, -0.1) is 0 Å². The van der Waals surface area contributed by atoms with E-state index < -0.39 is 0 Å². The molecular formula is C14H15NO. The number of Topliss-reactive ketones (excluding diaryl/α,β-unsaturated/α-hetero) is 1. The van der Waals surface area contributed by atoms with Crippen molar-refractivity contribution in [1.82, 2.24) is 4.57 Å². The van der Waals surface area contributed by atoms with E-state index >= 15 is 0 Å². The molecule has 0 bridgehead atoms. The average molecular weight is 213 g/mol. The van der Waals surface area contributed by atoms with Crippen LogP contribution in [0.2, 0.25) is 0 Å². The van der Waals surface area contributed by atoms with Gasteiger partial charge in [0.1, 0.15) is 0 Å². The van der Waals surface area contributed by atoms with E-state index in [-0.39, 0.29) is 11.2 Å². The highest BCUT2D eigenvalue weighted by atomic mass is 16.1. The molecule has 0 spiro atoms. The van der Waals surface area contributed by atoms with Crippen LogP contribution in [-0.4, -0.2) is 10.4 Å². The Balaban J connectivity index is 2.41. The molecule has 2 nitrogen and oxygen atoms in total. The number of benzene rings is 1. The van der Waals surface area contributed by atoms with Crippen molar-refractivity contribution in [3.8, 4) is 0 Å². The molecule has 0 saturated heterocycles. The van der Waals surface area contributed by atoms with E-state index in [2.05, 4.69) is 16.7 Å². The van der Waals surface area contributed by atoms with E-state index in [9.17, 15) is 4.79 Å². The lowest BCUT2D eigenvalue weighted by molar-refractivity contribution is 0.0860. The molecule has 2 heteroatoms. The molecule has 0 unspecified atom stereocenters. The molecule has 82 valence electrons. The van der Waals surface area contributed by atoms with Crippen LogP contribution >= 0.6 is 0 Å². The summed E-state index contributed by atoms with van der Waals surface area (Å²) in [5, 5.41) is 1.21. The standard InChI is InChI=1S/C14H15NO/c1-9-10-6-4-5-7-11(10)15-8-14(2,3)13(16)12(9)15/h4-7H,8H2,1-3H3. The van der Waals surface area contributed by atoms with E-state index in [1.165, 1.54) is 10.9 Å². The first-order valence-corrected chi connectivity index (χ1v) is 5.65. The van der Waals surface area contributed by atoms with Crippen molar-refractivity contribution in [3.05, 3.63) is 35.5 Å². The maximum atomic E-state index is 12.3. The van der Waals surface area contributed by atoms with Gasteiger partial charge in [0.2, 0.25) is 0 Å². The Hall–Kier alpha value is -1.57. The Kier molecular flexibility index (Phi) is 1.66. The van der Waals surface area contributed by atoms with E-state index in [4.69, 9.17) is 0 Å². The van der Waals surface area contributed by atoms with E-state index in [1.807, 2.05) is 32.9 Å². The maximum absolute atomic E-state index is 12.3. The summed E-state index contributed by atoms with van der Waals surface area (Å²) >= 11 is 0. The van der Waals surface area contributed by atoms with Gasteiger partial charge in [0.15, 0.2) is 5.78 Å². The van der Waals surface area contributed by atoms with Crippen molar-refractivity contribution in [2.24, 2.45) is 5.41 Å². The van der Waals surface area contributed by atoms with Gasteiger partial charge in [0.05, 0.1) is 5.69 Å². The zero-order valence-electron chi connectivity index (χ0n) is 9.87. The second-order valence-electron chi connectivity index (χ2n) is 5.29. The zero-order chi connectivity index (χ0) is 11.5. The molecule has 0 saturated carbocycles. The first kappa shape index (κ1) is 9.64. The Morgan fingerprint density at radius 1 is 1.25 bits per heavy atom. The third kappa shape index (κ3) is 0.993. The number of rotatable bonds is 0. The Morgan fingerprint density at radius 2 is 1.94 bits per heavy atom. The number of carbonyl (C=O) groups is 1. The average Bonchev–Trinajstić information content (AvgIpc) is 2.64. The smallest absolute Gasteiger partial charge is 0.186 e. The largest absolute Gasteiger partial charge is 0.337 e. The van der Waals surface area contributed by atoms with Gasteiger partial charge in [-0.3, -0.25) is 4.79 Å². The fourth-order valence-electron chi connectivity index (χ4n) is 2.72. The second kappa shape index (κ2) is 2.76. The van der Waals surface area contributed by atoms with Crippen molar-refractivity contribution in [1.29, 1.82) is 0 Å². The normalized spacial score (nSPS) is 18.1. The third-order valence-corrected chi connectivity index (χ3v) is 3.61. The quantitative estimate of drug-likeness (QED) is 0.658. The number of nitrogens with zero attached hydrogens (tertiary/aromatic N) is 1. The molecule has 16 heavy (non-hydrogen) atoms. The van der Waals surface area contributed by atoms with Crippen LogP contribution in [0.5, 0.6) is 0 Å². The SMILES string of the molecule is Cc1c2n(c3ccccc13)CC(C)(C)C2=O. The van der Waals surface area contributed by atoms with Gasteiger partial charge < -0.3 is 4.57 Å². The van der Waals surface area contributed by atoms with Crippen molar-refractivity contribution in [2.45, 2.75) is 27.3 Å². The molecule has 0 amide bonds. The van der Waals surface area contributed by atoms with Crippen LogP contribution in [0.4, 0.5) is 0 Å². The molecule has 0 N–H and O–H groups in total. The molecule has 0 atom stereocenters. The zero-order valence-corrected chi connectivity index (χ0v) is 9.87. The lowest BCUT2D eigenvalue weighted by atomic mass is 9.88. The Morgan fingerprint density at radius 3 is 2.69 bits per heavy atom. The molecule has 1 aliphatic rings. The van der Waals surface area contributed by atoms with Crippen LogP contribution in [0, 0.1) is 12.3 Å². The van der Waals surface area contributed by atoms with E-state index in [0.29, 0.717) is 0 Å². The number of hydrogen-bond acceptors (Lipinski definition) is 1. The fourth-order valence-corrected chi connectivity index (χ4v) is 2.72. The fraction of sp³-hybridized carbons (Fsp3) is 0.357. The van der Waals surface area contributed by atoms with Gasteiger partial charge in [-0.05, 0) is 18.6 Å². The number of aryl methyl sites for hydroxylation is 1. The molecule has 0 radical (unpaired) electrons. The molecule has 1 aliphatic heterocycles.